The average Bonchev–Trinajstić information content (AvgIpc) is 2.17. The van der Waals surface area contributed by atoms with Crippen molar-refractivity contribution in [1.82, 2.24) is 4.31 Å². The summed E-state index contributed by atoms with van der Waals surface area (Å²) in [7, 11) is 0.631. The molecule has 1 unspecified atom stereocenters. The van der Waals surface area contributed by atoms with Crippen molar-refractivity contribution in [2.45, 2.75) is 11.8 Å². The highest BCUT2D eigenvalue weighted by Crippen LogP contribution is 2.23. The quantitative estimate of drug-likeness (QED) is 0.458. The Morgan fingerprint density at radius 3 is 2.44 bits per heavy atom. The molecule has 6 heteroatoms. The van der Waals surface area contributed by atoms with Gasteiger partial charge in [-0.1, -0.05) is 6.07 Å². The van der Waals surface area contributed by atoms with Gasteiger partial charge < -0.3 is 0 Å². The van der Waals surface area contributed by atoms with Crippen LogP contribution in [-0.2, 0) is 9.71 Å². The summed E-state index contributed by atoms with van der Waals surface area (Å²) in [6.07, 6.45) is 0. The maximum Gasteiger partial charge on any atom is 0.273 e. The molecule has 0 aromatic heterocycles. The van der Waals surface area contributed by atoms with Crippen LogP contribution in [0.15, 0.2) is 23.1 Å². The molecule has 0 spiro atoms. The van der Waals surface area contributed by atoms with Crippen LogP contribution < -0.4 is 0 Å². The lowest BCUT2D eigenvalue weighted by atomic mass is 10.2. The first kappa shape index (κ1) is 12.7. The standard InChI is InChI=1S/C10H14N2O3S/c1-8-5-6-9(7-10(8)12(13)14)16(4,15)11(2)3/h5-7H,4H2,1-3H3. The molecule has 0 amide bonds. The molecule has 0 aliphatic carbocycles. The second kappa shape index (κ2) is 4.23. The third-order valence-electron chi connectivity index (χ3n) is 2.34. The summed E-state index contributed by atoms with van der Waals surface area (Å²) in [6.45, 7) is 1.64. The van der Waals surface area contributed by atoms with E-state index in [1.165, 1.54) is 10.4 Å². The molecule has 0 aliphatic heterocycles. The zero-order valence-electron chi connectivity index (χ0n) is 9.47. The second-order valence-electron chi connectivity index (χ2n) is 3.66. The molecule has 1 atom stereocenters. The predicted octanol–water partition coefficient (Wildman–Crippen LogP) is 1.46. The third-order valence-corrected chi connectivity index (χ3v) is 4.51. The molecule has 0 N–H and O–H groups in total. The fourth-order valence-corrected chi connectivity index (χ4v) is 2.19. The van der Waals surface area contributed by atoms with Crippen LogP contribution in [0, 0.1) is 17.0 Å². The van der Waals surface area contributed by atoms with Gasteiger partial charge in [-0.15, -0.1) is 0 Å². The highest BCUT2D eigenvalue weighted by atomic mass is 32.2. The molecule has 1 aromatic rings. The zero-order chi connectivity index (χ0) is 12.5. The van der Waals surface area contributed by atoms with Gasteiger partial charge in [0, 0.05) is 11.6 Å². The van der Waals surface area contributed by atoms with Crippen molar-refractivity contribution in [2.24, 2.45) is 0 Å². The van der Waals surface area contributed by atoms with E-state index < -0.39 is 14.6 Å². The Hall–Kier alpha value is -1.40. The molecule has 0 bridgehead atoms. The fraction of sp³-hybridized carbons (Fsp3) is 0.300. The normalized spacial score (nSPS) is 14.8. The number of nitrogens with zero attached hydrogens (tertiary/aromatic N) is 2. The lowest BCUT2D eigenvalue weighted by Gasteiger charge is -2.16. The van der Waals surface area contributed by atoms with Crippen molar-refractivity contribution in [2.75, 3.05) is 14.1 Å². The van der Waals surface area contributed by atoms with Gasteiger partial charge in [0.25, 0.3) is 5.69 Å². The minimum absolute atomic E-state index is 0.0317. The maximum atomic E-state index is 12.2. The summed E-state index contributed by atoms with van der Waals surface area (Å²) in [4.78, 5) is 10.6. The molecule has 1 aromatic carbocycles. The van der Waals surface area contributed by atoms with Gasteiger partial charge in [0.1, 0.15) is 0 Å². The fourth-order valence-electron chi connectivity index (χ4n) is 1.20. The van der Waals surface area contributed by atoms with Gasteiger partial charge in [0.15, 0.2) is 0 Å². The van der Waals surface area contributed by atoms with Crippen LogP contribution in [0.5, 0.6) is 0 Å². The molecule has 88 valence electrons. The molecule has 5 nitrogen and oxygen atoms in total. The largest absolute Gasteiger partial charge is 0.273 e. The maximum absolute atomic E-state index is 12.2. The van der Waals surface area contributed by atoms with Crippen molar-refractivity contribution >= 4 is 21.3 Å². The van der Waals surface area contributed by atoms with Crippen LogP contribution in [0.25, 0.3) is 0 Å². The Balaban J connectivity index is 3.40. The first-order valence-electron chi connectivity index (χ1n) is 4.56. The molecule has 0 saturated heterocycles. The van der Waals surface area contributed by atoms with Crippen LogP contribution in [0.1, 0.15) is 5.56 Å². The van der Waals surface area contributed by atoms with Crippen LogP contribution in [0.3, 0.4) is 0 Å². The van der Waals surface area contributed by atoms with Crippen molar-refractivity contribution < 1.29 is 9.13 Å². The van der Waals surface area contributed by atoms with Gasteiger partial charge in [-0.25, -0.2) is 8.51 Å². The Morgan fingerprint density at radius 1 is 1.44 bits per heavy atom. The van der Waals surface area contributed by atoms with E-state index in [9.17, 15) is 14.3 Å². The van der Waals surface area contributed by atoms with E-state index in [4.69, 9.17) is 0 Å². The Kier molecular flexibility index (Phi) is 3.35. The van der Waals surface area contributed by atoms with Crippen LogP contribution in [-0.4, -0.2) is 33.4 Å². The first-order chi connectivity index (χ1) is 7.26. The Labute approximate surface area is 95.0 Å². The summed E-state index contributed by atoms with van der Waals surface area (Å²) in [5.41, 5.74) is 0.512. The number of rotatable bonds is 3. The van der Waals surface area contributed by atoms with E-state index in [1.54, 1.807) is 33.2 Å². The topological polar surface area (TPSA) is 63.4 Å². The zero-order valence-corrected chi connectivity index (χ0v) is 10.3. The van der Waals surface area contributed by atoms with Gasteiger partial charge in [-0.3, -0.25) is 10.1 Å². The summed E-state index contributed by atoms with van der Waals surface area (Å²) < 4.78 is 13.6. The van der Waals surface area contributed by atoms with Crippen molar-refractivity contribution in [3.8, 4) is 0 Å². The number of benzene rings is 1. The summed E-state index contributed by atoms with van der Waals surface area (Å²) in [5, 5.41) is 10.7. The molecular formula is C10H14N2O3S. The van der Waals surface area contributed by atoms with E-state index in [2.05, 4.69) is 5.87 Å². The molecule has 1 rings (SSSR count). The second-order valence-corrected chi connectivity index (χ2v) is 6.14. The molecule has 0 saturated carbocycles. The van der Waals surface area contributed by atoms with Gasteiger partial charge in [0.05, 0.1) is 19.5 Å². The SMILES string of the molecule is C=S(=O)(c1ccc(C)c([N+](=O)[O-])c1)N(C)C. The van der Waals surface area contributed by atoms with Crippen LogP contribution in [0.4, 0.5) is 5.69 Å². The van der Waals surface area contributed by atoms with Gasteiger partial charge in [-0.2, -0.15) is 0 Å². The van der Waals surface area contributed by atoms with E-state index in [0.717, 1.165) is 0 Å². The van der Waals surface area contributed by atoms with E-state index in [1.807, 2.05) is 0 Å². The van der Waals surface area contributed by atoms with Crippen LogP contribution >= 0.6 is 0 Å². The molecule has 0 heterocycles. The first-order valence-corrected chi connectivity index (χ1v) is 6.25. The molecular weight excluding hydrogens is 228 g/mol. The van der Waals surface area contributed by atoms with Crippen molar-refractivity contribution in [1.29, 1.82) is 0 Å². The summed E-state index contributed by atoms with van der Waals surface area (Å²) in [5.74, 6) is 3.60. The number of hydrogen-bond donors (Lipinski definition) is 0. The lowest BCUT2D eigenvalue weighted by Crippen LogP contribution is -2.22. The average molecular weight is 242 g/mol. The monoisotopic (exact) mass is 242 g/mol. The number of nitro benzene ring substituents is 1. The van der Waals surface area contributed by atoms with E-state index >= 15 is 0 Å². The lowest BCUT2D eigenvalue weighted by molar-refractivity contribution is -0.385. The summed E-state index contributed by atoms with van der Waals surface area (Å²) >= 11 is 0. The third kappa shape index (κ3) is 2.23. The molecule has 16 heavy (non-hydrogen) atoms. The van der Waals surface area contributed by atoms with Gasteiger partial charge in [-0.05, 0) is 33.0 Å². The smallest absolute Gasteiger partial charge is 0.258 e. The predicted molar refractivity (Wildman–Crippen MR) is 65.0 cm³/mol. The van der Waals surface area contributed by atoms with E-state index in [0.29, 0.717) is 10.5 Å². The highest BCUT2D eigenvalue weighted by Gasteiger charge is 2.17. The Morgan fingerprint density at radius 2 is 2.00 bits per heavy atom. The highest BCUT2D eigenvalue weighted by molar-refractivity contribution is 7.98. The molecule has 0 radical (unpaired) electrons. The minimum Gasteiger partial charge on any atom is -0.258 e. The number of aryl methyl sites for hydroxylation is 1. The van der Waals surface area contributed by atoms with Crippen LogP contribution in [0.2, 0.25) is 0 Å². The van der Waals surface area contributed by atoms with Crippen molar-refractivity contribution in [3.05, 3.63) is 33.9 Å². The minimum atomic E-state index is -2.62. The van der Waals surface area contributed by atoms with E-state index in [-0.39, 0.29) is 5.69 Å². The Bertz CT molecular complexity index is 521. The molecule has 0 aliphatic rings. The van der Waals surface area contributed by atoms with Gasteiger partial charge in [0.2, 0.25) is 0 Å². The summed E-state index contributed by atoms with van der Waals surface area (Å²) in [6, 6.07) is 4.52. The van der Waals surface area contributed by atoms with Gasteiger partial charge >= 0.3 is 0 Å². The number of hydrogen-bond acceptors (Lipinski definition) is 3. The van der Waals surface area contributed by atoms with Crippen molar-refractivity contribution in [3.63, 3.8) is 0 Å². The number of nitro groups is 1. The molecule has 0 fully saturated rings.